The predicted octanol–water partition coefficient (Wildman–Crippen LogP) is 1.25. The Morgan fingerprint density at radius 3 is 2.47 bits per heavy atom. The Morgan fingerprint density at radius 2 is 2.00 bits per heavy atom. The van der Waals surface area contributed by atoms with Crippen molar-refractivity contribution in [2.75, 3.05) is 7.05 Å². The Kier molecular flexibility index (Phi) is 3.69. The summed E-state index contributed by atoms with van der Waals surface area (Å²) in [4.78, 5) is 13.7. The number of hydrogen-bond acceptors (Lipinski definition) is 4. The van der Waals surface area contributed by atoms with E-state index in [1.54, 1.807) is 11.9 Å². The molecule has 0 bridgehead atoms. The molecule has 0 saturated heterocycles. The minimum absolute atomic E-state index is 0.0240. The van der Waals surface area contributed by atoms with Crippen molar-refractivity contribution in [3.63, 3.8) is 0 Å². The molecule has 1 heterocycles. The lowest BCUT2D eigenvalue weighted by Crippen LogP contribution is -2.34. The topological polar surface area (TPSA) is 93.6 Å². The number of aryl methyl sites for hydroxylation is 1. The van der Waals surface area contributed by atoms with Crippen LogP contribution >= 0.6 is 0 Å². The molecule has 1 aliphatic rings. The van der Waals surface area contributed by atoms with Crippen molar-refractivity contribution in [3.05, 3.63) is 17.6 Å². The molecule has 0 spiro atoms. The molecule has 0 atom stereocenters. The van der Waals surface area contributed by atoms with Gasteiger partial charge in [0.1, 0.15) is 10.7 Å². The third-order valence-electron chi connectivity index (χ3n) is 3.58. The minimum Gasteiger partial charge on any atom is -0.455 e. The largest absolute Gasteiger partial charge is 0.455 e. The number of primary sulfonamides is 1. The maximum absolute atomic E-state index is 12.2. The van der Waals surface area contributed by atoms with Gasteiger partial charge in [-0.3, -0.25) is 4.79 Å². The van der Waals surface area contributed by atoms with Crippen LogP contribution in [0.1, 0.15) is 42.0 Å². The summed E-state index contributed by atoms with van der Waals surface area (Å²) >= 11 is 0. The molecule has 1 aromatic heterocycles. The third-order valence-corrected chi connectivity index (χ3v) is 4.60. The zero-order valence-electron chi connectivity index (χ0n) is 11.0. The molecule has 0 unspecified atom stereocenters. The number of hydrogen-bond donors (Lipinski definition) is 1. The van der Waals surface area contributed by atoms with E-state index in [0.29, 0.717) is 0 Å². The van der Waals surface area contributed by atoms with Crippen LogP contribution in [-0.4, -0.2) is 32.3 Å². The first kappa shape index (κ1) is 14.1. The third kappa shape index (κ3) is 2.82. The van der Waals surface area contributed by atoms with E-state index in [0.717, 1.165) is 25.7 Å². The Morgan fingerprint density at radius 1 is 1.42 bits per heavy atom. The maximum atomic E-state index is 12.2. The van der Waals surface area contributed by atoms with Crippen LogP contribution in [0.5, 0.6) is 0 Å². The van der Waals surface area contributed by atoms with Crippen LogP contribution < -0.4 is 5.14 Å². The average Bonchev–Trinajstić information content (AvgIpc) is 2.94. The molecule has 2 rings (SSSR count). The number of carbonyl (C=O) groups excluding carboxylic acids is 1. The van der Waals surface area contributed by atoms with Gasteiger partial charge in [-0.25, -0.2) is 13.6 Å². The molecule has 6 nitrogen and oxygen atoms in total. The molecule has 1 aliphatic carbocycles. The number of nitrogens with zero attached hydrogens (tertiary/aromatic N) is 1. The van der Waals surface area contributed by atoms with Crippen molar-refractivity contribution in [2.24, 2.45) is 5.14 Å². The van der Waals surface area contributed by atoms with Gasteiger partial charge in [0.15, 0.2) is 5.76 Å². The van der Waals surface area contributed by atoms with E-state index < -0.39 is 10.0 Å². The second-order valence-corrected chi connectivity index (χ2v) is 6.46. The summed E-state index contributed by atoms with van der Waals surface area (Å²) in [7, 11) is -2.14. The van der Waals surface area contributed by atoms with Crippen molar-refractivity contribution >= 4 is 15.9 Å². The molecule has 1 fully saturated rings. The number of rotatable bonds is 3. The molecule has 106 valence electrons. The van der Waals surface area contributed by atoms with E-state index in [1.807, 2.05) is 0 Å². The summed E-state index contributed by atoms with van der Waals surface area (Å²) in [5, 5.41) is 5.06. The Hall–Kier alpha value is -1.34. The molecule has 1 saturated carbocycles. The van der Waals surface area contributed by atoms with Gasteiger partial charge in [0.25, 0.3) is 5.91 Å². The molecular formula is C12H18N2O4S. The van der Waals surface area contributed by atoms with E-state index in [4.69, 9.17) is 9.56 Å². The lowest BCUT2D eigenvalue weighted by atomic mass is 10.2. The number of amides is 1. The first-order valence-corrected chi connectivity index (χ1v) is 7.75. The summed E-state index contributed by atoms with van der Waals surface area (Å²) in [5.74, 6) is -0.133. The van der Waals surface area contributed by atoms with Crippen molar-refractivity contribution in [1.29, 1.82) is 0 Å². The van der Waals surface area contributed by atoms with Crippen LogP contribution in [0.25, 0.3) is 0 Å². The fraction of sp³-hybridized carbons (Fsp3) is 0.583. The van der Waals surface area contributed by atoms with Gasteiger partial charge in [0.2, 0.25) is 10.0 Å². The fourth-order valence-corrected chi connectivity index (χ4v) is 3.20. The van der Waals surface area contributed by atoms with E-state index >= 15 is 0 Å². The van der Waals surface area contributed by atoms with E-state index in [1.165, 1.54) is 13.0 Å². The molecule has 0 radical (unpaired) electrons. The first-order chi connectivity index (χ1) is 8.80. The maximum Gasteiger partial charge on any atom is 0.289 e. The lowest BCUT2D eigenvalue weighted by molar-refractivity contribution is 0.0701. The van der Waals surface area contributed by atoms with E-state index in [-0.39, 0.29) is 28.4 Å². The number of nitrogens with two attached hydrogens (primary N) is 1. The Labute approximate surface area is 112 Å². The zero-order valence-corrected chi connectivity index (χ0v) is 11.9. The van der Waals surface area contributed by atoms with Gasteiger partial charge >= 0.3 is 0 Å². The molecule has 0 aliphatic heterocycles. The molecule has 19 heavy (non-hydrogen) atoms. The predicted molar refractivity (Wildman–Crippen MR) is 69.2 cm³/mol. The van der Waals surface area contributed by atoms with Gasteiger partial charge in [-0.15, -0.1) is 0 Å². The Balaban J connectivity index is 2.25. The van der Waals surface area contributed by atoms with Crippen LogP contribution in [0, 0.1) is 6.92 Å². The van der Waals surface area contributed by atoms with Crippen LogP contribution in [0.15, 0.2) is 15.4 Å². The summed E-state index contributed by atoms with van der Waals surface area (Å²) in [5.41, 5.74) is 0. The van der Waals surface area contributed by atoms with E-state index in [9.17, 15) is 13.2 Å². The molecule has 1 aromatic rings. The normalized spacial score (nSPS) is 16.8. The fourth-order valence-electron chi connectivity index (χ4n) is 2.48. The molecule has 0 aromatic carbocycles. The Bertz CT molecular complexity index is 585. The second kappa shape index (κ2) is 4.97. The van der Waals surface area contributed by atoms with Crippen molar-refractivity contribution in [1.82, 2.24) is 4.90 Å². The van der Waals surface area contributed by atoms with Crippen molar-refractivity contribution in [2.45, 2.75) is 43.5 Å². The van der Waals surface area contributed by atoms with Crippen molar-refractivity contribution < 1.29 is 17.6 Å². The summed E-state index contributed by atoms with van der Waals surface area (Å²) in [6, 6.07) is 1.41. The highest BCUT2D eigenvalue weighted by Gasteiger charge is 2.28. The zero-order chi connectivity index (χ0) is 14.2. The number of furan rings is 1. The standard InChI is InChI=1S/C12H18N2O4S/c1-8-11(19(13,16)17)7-10(18-8)12(15)14(2)9-5-3-4-6-9/h7,9H,3-6H2,1-2H3,(H2,13,16,17). The molecule has 2 N–H and O–H groups in total. The van der Waals surface area contributed by atoms with Gasteiger partial charge in [-0.2, -0.15) is 0 Å². The summed E-state index contributed by atoms with van der Waals surface area (Å²) in [6.07, 6.45) is 4.18. The van der Waals surface area contributed by atoms with E-state index in [2.05, 4.69) is 0 Å². The van der Waals surface area contributed by atoms with Gasteiger partial charge in [0, 0.05) is 19.2 Å². The van der Waals surface area contributed by atoms with Gasteiger partial charge in [0.05, 0.1) is 0 Å². The quantitative estimate of drug-likeness (QED) is 0.904. The average molecular weight is 286 g/mol. The van der Waals surface area contributed by atoms with Crippen LogP contribution in [0.4, 0.5) is 0 Å². The van der Waals surface area contributed by atoms with Crippen LogP contribution in [0.2, 0.25) is 0 Å². The lowest BCUT2D eigenvalue weighted by Gasteiger charge is -2.23. The number of carbonyl (C=O) groups is 1. The van der Waals surface area contributed by atoms with Gasteiger partial charge < -0.3 is 9.32 Å². The van der Waals surface area contributed by atoms with Gasteiger partial charge in [-0.05, 0) is 19.8 Å². The summed E-state index contributed by atoms with van der Waals surface area (Å²) < 4.78 is 27.9. The SMILES string of the molecule is Cc1oc(C(=O)N(C)C2CCCC2)cc1S(N)(=O)=O. The molecular weight excluding hydrogens is 268 g/mol. The van der Waals surface area contributed by atoms with Crippen LogP contribution in [-0.2, 0) is 10.0 Å². The second-order valence-electron chi connectivity index (χ2n) is 4.93. The molecule has 1 amide bonds. The van der Waals surface area contributed by atoms with Gasteiger partial charge in [-0.1, -0.05) is 12.8 Å². The van der Waals surface area contributed by atoms with Crippen LogP contribution in [0.3, 0.4) is 0 Å². The first-order valence-electron chi connectivity index (χ1n) is 6.21. The minimum atomic E-state index is -3.86. The highest BCUT2D eigenvalue weighted by Crippen LogP contribution is 2.25. The number of sulfonamides is 1. The van der Waals surface area contributed by atoms with Crippen molar-refractivity contribution in [3.8, 4) is 0 Å². The highest BCUT2D eigenvalue weighted by molar-refractivity contribution is 7.89. The smallest absolute Gasteiger partial charge is 0.289 e. The molecule has 7 heteroatoms. The highest BCUT2D eigenvalue weighted by atomic mass is 32.2. The summed E-state index contributed by atoms with van der Waals surface area (Å²) in [6.45, 7) is 1.48. The monoisotopic (exact) mass is 286 g/mol.